The van der Waals surface area contributed by atoms with Crippen LogP contribution in [0.5, 0.6) is 11.5 Å². The quantitative estimate of drug-likeness (QED) is 0.649. The highest BCUT2D eigenvalue weighted by atomic mass is 16.5. The van der Waals surface area contributed by atoms with Gasteiger partial charge in [0, 0.05) is 18.7 Å². The largest absolute Gasteiger partial charge is 0.489 e. The number of hydrogen-bond donors (Lipinski definition) is 2. The molecule has 3 aromatic carbocycles. The summed E-state index contributed by atoms with van der Waals surface area (Å²) in [6.07, 6.45) is 0. The number of ether oxygens (including phenoxy) is 2. The zero-order chi connectivity index (χ0) is 18.2. The molecule has 4 N–H and O–H groups in total. The molecule has 4 heteroatoms. The van der Waals surface area contributed by atoms with Crippen molar-refractivity contribution in [1.82, 2.24) is 0 Å². The van der Waals surface area contributed by atoms with Gasteiger partial charge in [0.15, 0.2) is 0 Å². The predicted octanol–water partition coefficient (Wildman–Crippen LogP) is 3.80. The third-order valence-electron chi connectivity index (χ3n) is 4.08. The van der Waals surface area contributed by atoms with Crippen LogP contribution >= 0.6 is 0 Å². The van der Waals surface area contributed by atoms with Crippen LogP contribution in [0.15, 0.2) is 78.9 Å². The number of hydrogen-bond acceptors (Lipinski definition) is 4. The van der Waals surface area contributed by atoms with Crippen molar-refractivity contribution >= 4 is 0 Å². The summed E-state index contributed by atoms with van der Waals surface area (Å²) in [5.74, 6) is 1.44. The molecule has 3 rings (SSSR count). The van der Waals surface area contributed by atoms with E-state index in [1.807, 2.05) is 78.9 Å². The smallest absolute Gasteiger partial charge is 0.123 e. The molecular formula is C22H24N2O2. The minimum absolute atomic E-state index is 0.255. The Morgan fingerprint density at radius 2 is 1.15 bits per heavy atom. The SMILES string of the molecule is NCC(N)c1cc(OCc2ccccc2)cc(OCc2ccccc2)c1. The molecule has 1 unspecified atom stereocenters. The fraction of sp³-hybridized carbons (Fsp3) is 0.182. The van der Waals surface area contributed by atoms with Crippen LogP contribution in [0, 0.1) is 0 Å². The summed E-state index contributed by atoms with van der Waals surface area (Å²) in [6.45, 7) is 1.33. The molecule has 0 heterocycles. The van der Waals surface area contributed by atoms with Crippen LogP contribution in [-0.2, 0) is 13.2 Å². The van der Waals surface area contributed by atoms with E-state index in [2.05, 4.69) is 0 Å². The zero-order valence-electron chi connectivity index (χ0n) is 14.7. The first kappa shape index (κ1) is 18.0. The third kappa shape index (κ3) is 5.09. The summed E-state index contributed by atoms with van der Waals surface area (Å²) in [4.78, 5) is 0. The van der Waals surface area contributed by atoms with Gasteiger partial charge >= 0.3 is 0 Å². The van der Waals surface area contributed by atoms with E-state index in [9.17, 15) is 0 Å². The van der Waals surface area contributed by atoms with E-state index >= 15 is 0 Å². The molecule has 0 aliphatic heterocycles. The molecule has 0 aliphatic carbocycles. The first-order valence-electron chi connectivity index (χ1n) is 8.68. The monoisotopic (exact) mass is 348 g/mol. The summed E-state index contributed by atoms with van der Waals surface area (Å²) < 4.78 is 11.9. The van der Waals surface area contributed by atoms with Gasteiger partial charge in [-0.25, -0.2) is 0 Å². The van der Waals surface area contributed by atoms with Crippen molar-refractivity contribution < 1.29 is 9.47 Å². The molecule has 0 fully saturated rings. The second-order valence-electron chi connectivity index (χ2n) is 6.13. The van der Waals surface area contributed by atoms with Gasteiger partial charge in [0.2, 0.25) is 0 Å². The van der Waals surface area contributed by atoms with Crippen molar-refractivity contribution in [3.05, 3.63) is 95.6 Å². The average molecular weight is 348 g/mol. The Morgan fingerprint density at radius 1 is 0.692 bits per heavy atom. The van der Waals surface area contributed by atoms with Crippen molar-refractivity contribution in [1.29, 1.82) is 0 Å². The molecule has 3 aromatic rings. The van der Waals surface area contributed by atoms with Crippen LogP contribution in [-0.4, -0.2) is 6.54 Å². The lowest BCUT2D eigenvalue weighted by Gasteiger charge is -2.15. The van der Waals surface area contributed by atoms with Gasteiger partial charge < -0.3 is 20.9 Å². The highest BCUT2D eigenvalue weighted by Gasteiger charge is 2.09. The lowest BCUT2D eigenvalue weighted by Crippen LogP contribution is -2.20. The van der Waals surface area contributed by atoms with Crippen molar-refractivity contribution in [3.8, 4) is 11.5 Å². The highest BCUT2D eigenvalue weighted by Crippen LogP contribution is 2.27. The third-order valence-corrected chi connectivity index (χ3v) is 4.08. The number of rotatable bonds is 8. The molecule has 0 aliphatic rings. The van der Waals surface area contributed by atoms with E-state index in [0.29, 0.717) is 19.8 Å². The van der Waals surface area contributed by atoms with Crippen LogP contribution in [0.25, 0.3) is 0 Å². The van der Waals surface area contributed by atoms with E-state index in [1.54, 1.807) is 0 Å². The molecule has 0 aromatic heterocycles. The van der Waals surface area contributed by atoms with Crippen molar-refractivity contribution in [3.63, 3.8) is 0 Å². The summed E-state index contributed by atoms with van der Waals surface area (Å²) >= 11 is 0. The Kier molecular flexibility index (Phi) is 6.25. The lowest BCUT2D eigenvalue weighted by molar-refractivity contribution is 0.289. The molecular weight excluding hydrogens is 324 g/mol. The number of benzene rings is 3. The zero-order valence-corrected chi connectivity index (χ0v) is 14.7. The maximum Gasteiger partial charge on any atom is 0.123 e. The lowest BCUT2D eigenvalue weighted by atomic mass is 10.1. The Balaban J connectivity index is 1.74. The van der Waals surface area contributed by atoms with E-state index in [1.165, 1.54) is 0 Å². The fourth-order valence-corrected chi connectivity index (χ4v) is 2.59. The Hall–Kier alpha value is -2.82. The maximum absolute atomic E-state index is 6.11. The second kappa shape index (κ2) is 9.04. The average Bonchev–Trinajstić information content (AvgIpc) is 2.71. The molecule has 0 bridgehead atoms. The molecule has 0 saturated carbocycles. The van der Waals surface area contributed by atoms with Crippen LogP contribution in [0.3, 0.4) is 0 Å². The van der Waals surface area contributed by atoms with E-state index in [4.69, 9.17) is 20.9 Å². The molecule has 0 spiro atoms. The molecule has 0 saturated heterocycles. The van der Waals surface area contributed by atoms with Crippen molar-refractivity contribution in [2.45, 2.75) is 19.3 Å². The number of nitrogens with two attached hydrogens (primary N) is 2. The van der Waals surface area contributed by atoms with Gasteiger partial charge in [-0.2, -0.15) is 0 Å². The van der Waals surface area contributed by atoms with Crippen molar-refractivity contribution in [2.24, 2.45) is 11.5 Å². The molecule has 0 amide bonds. The van der Waals surface area contributed by atoms with Gasteiger partial charge in [-0.1, -0.05) is 60.7 Å². The summed E-state index contributed by atoms with van der Waals surface area (Å²) in [7, 11) is 0. The van der Waals surface area contributed by atoms with E-state index < -0.39 is 0 Å². The summed E-state index contributed by atoms with van der Waals surface area (Å²) in [6, 6.07) is 25.6. The van der Waals surface area contributed by atoms with Crippen LogP contribution in [0.4, 0.5) is 0 Å². The second-order valence-corrected chi connectivity index (χ2v) is 6.13. The minimum Gasteiger partial charge on any atom is -0.489 e. The minimum atomic E-state index is -0.255. The Bertz CT molecular complexity index is 745. The first-order valence-corrected chi connectivity index (χ1v) is 8.68. The van der Waals surface area contributed by atoms with Crippen LogP contribution < -0.4 is 20.9 Å². The molecule has 26 heavy (non-hydrogen) atoms. The van der Waals surface area contributed by atoms with Gasteiger partial charge in [-0.3, -0.25) is 0 Å². The van der Waals surface area contributed by atoms with Crippen LogP contribution in [0.2, 0.25) is 0 Å². The fourth-order valence-electron chi connectivity index (χ4n) is 2.59. The van der Waals surface area contributed by atoms with Gasteiger partial charge in [0.05, 0.1) is 0 Å². The maximum atomic E-state index is 6.11. The highest BCUT2D eigenvalue weighted by molar-refractivity contribution is 5.40. The van der Waals surface area contributed by atoms with Gasteiger partial charge in [0.25, 0.3) is 0 Å². The first-order chi connectivity index (χ1) is 12.7. The van der Waals surface area contributed by atoms with Crippen molar-refractivity contribution in [2.75, 3.05) is 6.54 Å². The molecule has 4 nitrogen and oxygen atoms in total. The van der Waals surface area contributed by atoms with Gasteiger partial charge in [-0.05, 0) is 28.8 Å². The van der Waals surface area contributed by atoms with E-state index in [-0.39, 0.29) is 6.04 Å². The van der Waals surface area contributed by atoms with E-state index in [0.717, 1.165) is 28.2 Å². The summed E-state index contributed by atoms with van der Waals surface area (Å²) in [5.41, 5.74) is 15.0. The molecule has 1 atom stereocenters. The molecule has 134 valence electrons. The predicted molar refractivity (Wildman–Crippen MR) is 104 cm³/mol. The topological polar surface area (TPSA) is 70.5 Å². The molecule has 0 radical (unpaired) electrons. The van der Waals surface area contributed by atoms with Crippen LogP contribution in [0.1, 0.15) is 22.7 Å². The normalized spacial score (nSPS) is 11.8. The standard InChI is InChI=1S/C22H24N2O2/c23-14-22(24)19-11-20(25-15-17-7-3-1-4-8-17)13-21(12-19)26-16-18-9-5-2-6-10-18/h1-13,22H,14-16,23-24H2. The summed E-state index contributed by atoms with van der Waals surface area (Å²) in [5, 5.41) is 0. The van der Waals surface area contributed by atoms with Gasteiger partial charge in [-0.15, -0.1) is 0 Å². The Morgan fingerprint density at radius 3 is 1.58 bits per heavy atom. The van der Waals surface area contributed by atoms with Gasteiger partial charge in [0.1, 0.15) is 24.7 Å². The Labute approximate surface area is 154 Å².